The van der Waals surface area contributed by atoms with Crippen LogP contribution in [-0.2, 0) is 13.1 Å². The van der Waals surface area contributed by atoms with Crippen LogP contribution in [0.3, 0.4) is 0 Å². The lowest BCUT2D eigenvalue weighted by molar-refractivity contribution is 0.381. The van der Waals surface area contributed by atoms with Crippen LogP contribution in [0.2, 0.25) is 0 Å². The summed E-state index contributed by atoms with van der Waals surface area (Å²) in [6, 6.07) is 4.28. The van der Waals surface area contributed by atoms with Crippen LogP contribution in [0.4, 0.5) is 11.8 Å². The normalized spacial score (nSPS) is 12.2. The van der Waals surface area contributed by atoms with E-state index in [1.165, 1.54) is 0 Å². The van der Waals surface area contributed by atoms with Crippen molar-refractivity contribution in [2.45, 2.75) is 45.8 Å². The van der Waals surface area contributed by atoms with Gasteiger partial charge < -0.3 is 25.8 Å². The fraction of sp³-hybridized carbons (Fsp3) is 0.476. The van der Waals surface area contributed by atoms with E-state index in [0.29, 0.717) is 23.4 Å². The molecule has 0 radical (unpaired) electrons. The molecule has 0 saturated heterocycles. The van der Waals surface area contributed by atoms with Gasteiger partial charge in [-0.3, -0.25) is 4.68 Å². The number of nitrogens with two attached hydrogens (primary N) is 1. The zero-order valence-electron chi connectivity index (χ0n) is 18.3. The quantitative estimate of drug-likeness (QED) is 0.465. The summed E-state index contributed by atoms with van der Waals surface area (Å²) in [6.07, 6.45) is 3.97. The molecule has 9 nitrogen and oxygen atoms in total. The molecule has 3 aromatic rings. The molecule has 2 aromatic heterocycles. The van der Waals surface area contributed by atoms with Crippen molar-refractivity contribution in [1.29, 1.82) is 0 Å². The van der Waals surface area contributed by atoms with Crippen LogP contribution in [0.5, 0.6) is 11.5 Å². The summed E-state index contributed by atoms with van der Waals surface area (Å²) in [7, 11) is 5.22. The molecule has 0 spiro atoms. The second-order valence-electron chi connectivity index (χ2n) is 7.33. The summed E-state index contributed by atoms with van der Waals surface area (Å²) in [5.74, 6) is 2.37. The Balaban J connectivity index is 1.98. The van der Waals surface area contributed by atoms with Gasteiger partial charge in [-0.2, -0.15) is 10.1 Å². The number of rotatable bonds is 10. The zero-order valence-corrected chi connectivity index (χ0v) is 18.3. The number of benzene rings is 1. The highest BCUT2D eigenvalue weighted by Gasteiger charge is 2.17. The SMILES string of the molecule is CCCC(C)Nc1nc(N)nc2cn(Cc3c(OC)cc(CNC)cc3OC)nc12. The highest BCUT2D eigenvalue weighted by atomic mass is 16.5. The minimum absolute atomic E-state index is 0.222. The Labute approximate surface area is 177 Å². The number of methoxy groups -OCH3 is 2. The van der Waals surface area contributed by atoms with Gasteiger partial charge in [0, 0.05) is 12.6 Å². The molecule has 0 saturated carbocycles. The third kappa shape index (κ3) is 4.73. The number of aromatic nitrogens is 4. The van der Waals surface area contributed by atoms with Crippen molar-refractivity contribution in [1.82, 2.24) is 25.1 Å². The van der Waals surface area contributed by atoms with E-state index in [4.69, 9.17) is 20.3 Å². The largest absolute Gasteiger partial charge is 0.496 e. The van der Waals surface area contributed by atoms with Gasteiger partial charge in [0.05, 0.1) is 32.5 Å². The lowest BCUT2D eigenvalue weighted by Crippen LogP contribution is -2.16. The maximum absolute atomic E-state index is 5.93. The Hall–Kier alpha value is -3.07. The van der Waals surface area contributed by atoms with Crippen LogP contribution in [-0.4, -0.2) is 47.1 Å². The molecule has 3 rings (SSSR count). The molecular formula is C21H31N7O2. The average Bonchev–Trinajstić information content (AvgIpc) is 3.11. The van der Waals surface area contributed by atoms with Crippen LogP contribution < -0.4 is 25.8 Å². The first-order valence-corrected chi connectivity index (χ1v) is 10.1. The standard InChI is InChI=1S/C21H31N7O2/c1-6-7-13(2)24-20-19-16(25-21(22)26-20)12-28(27-19)11-15-17(29-4)8-14(10-23-3)9-18(15)30-5/h8-9,12-13,23H,6-7,10-11H2,1-5H3,(H3,22,24,25,26). The minimum atomic E-state index is 0.222. The van der Waals surface area contributed by atoms with Gasteiger partial charge >= 0.3 is 0 Å². The van der Waals surface area contributed by atoms with Crippen LogP contribution in [0.15, 0.2) is 18.3 Å². The molecule has 0 amide bonds. The van der Waals surface area contributed by atoms with Gasteiger partial charge in [-0.05, 0) is 38.1 Å². The first kappa shape index (κ1) is 21.6. The predicted molar refractivity (Wildman–Crippen MR) is 119 cm³/mol. The molecule has 30 heavy (non-hydrogen) atoms. The van der Waals surface area contributed by atoms with E-state index < -0.39 is 0 Å². The minimum Gasteiger partial charge on any atom is -0.496 e. The highest BCUT2D eigenvalue weighted by molar-refractivity contribution is 5.85. The van der Waals surface area contributed by atoms with E-state index >= 15 is 0 Å². The summed E-state index contributed by atoms with van der Waals surface area (Å²) in [5, 5.41) is 11.3. The van der Waals surface area contributed by atoms with E-state index in [-0.39, 0.29) is 12.0 Å². The number of hydrogen-bond acceptors (Lipinski definition) is 8. The topological polar surface area (TPSA) is 112 Å². The molecule has 1 unspecified atom stereocenters. The van der Waals surface area contributed by atoms with E-state index in [0.717, 1.165) is 42.0 Å². The molecule has 0 aliphatic rings. The molecule has 162 valence electrons. The van der Waals surface area contributed by atoms with Gasteiger partial charge in [0.1, 0.15) is 17.0 Å². The average molecular weight is 414 g/mol. The Bertz CT molecular complexity index is 977. The van der Waals surface area contributed by atoms with Gasteiger partial charge in [0.15, 0.2) is 11.3 Å². The molecule has 9 heteroatoms. The van der Waals surface area contributed by atoms with Gasteiger partial charge in [-0.25, -0.2) is 4.98 Å². The molecule has 4 N–H and O–H groups in total. The number of hydrogen-bond donors (Lipinski definition) is 3. The van der Waals surface area contributed by atoms with Gasteiger partial charge in [0.25, 0.3) is 0 Å². The van der Waals surface area contributed by atoms with Crippen molar-refractivity contribution in [2.75, 3.05) is 32.3 Å². The third-order valence-corrected chi connectivity index (χ3v) is 4.90. The maximum Gasteiger partial charge on any atom is 0.222 e. The molecule has 1 aromatic carbocycles. The van der Waals surface area contributed by atoms with E-state index in [2.05, 4.69) is 34.4 Å². The summed E-state index contributed by atoms with van der Waals surface area (Å²) in [5.41, 5.74) is 9.30. The first-order valence-electron chi connectivity index (χ1n) is 10.1. The number of fused-ring (bicyclic) bond motifs is 1. The third-order valence-electron chi connectivity index (χ3n) is 4.90. The highest BCUT2D eigenvalue weighted by Crippen LogP contribution is 2.32. The second kappa shape index (κ2) is 9.62. The van der Waals surface area contributed by atoms with Crippen LogP contribution in [0, 0.1) is 0 Å². The number of anilines is 2. The van der Waals surface area contributed by atoms with Gasteiger partial charge in [0.2, 0.25) is 5.95 Å². The van der Waals surface area contributed by atoms with E-state index in [1.54, 1.807) is 14.2 Å². The number of nitrogens with one attached hydrogen (secondary N) is 2. The van der Waals surface area contributed by atoms with Crippen LogP contribution >= 0.6 is 0 Å². The number of ether oxygens (including phenoxy) is 2. The predicted octanol–water partition coefficient (Wildman–Crippen LogP) is 2.79. The molecule has 0 aliphatic carbocycles. The monoisotopic (exact) mass is 413 g/mol. The Kier molecular flexibility index (Phi) is 6.94. The van der Waals surface area contributed by atoms with Gasteiger partial charge in [-0.15, -0.1) is 0 Å². The fourth-order valence-electron chi connectivity index (χ4n) is 3.56. The lowest BCUT2D eigenvalue weighted by Gasteiger charge is -2.15. The van der Waals surface area contributed by atoms with E-state index in [1.807, 2.05) is 30.1 Å². The Morgan fingerprint density at radius 2 is 1.87 bits per heavy atom. The smallest absolute Gasteiger partial charge is 0.222 e. The van der Waals surface area contributed by atoms with Crippen molar-refractivity contribution >= 4 is 22.8 Å². The maximum atomic E-state index is 5.93. The number of nitrogens with zero attached hydrogens (tertiary/aromatic N) is 4. The molecule has 1 atom stereocenters. The molecule has 2 heterocycles. The Morgan fingerprint density at radius 1 is 1.17 bits per heavy atom. The lowest BCUT2D eigenvalue weighted by atomic mass is 10.1. The summed E-state index contributed by atoms with van der Waals surface area (Å²) >= 11 is 0. The summed E-state index contributed by atoms with van der Waals surface area (Å²) in [4.78, 5) is 8.71. The summed E-state index contributed by atoms with van der Waals surface area (Å²) < 4.78 is 13.1. The molecular weight excluding hydrogens is 382 g/mol. The van der Waals surface area contributed by atoms with Crippen molar-refractivity contribution in [3.8, 4) is 11.5 Å². The van der Waals surface area contributed by atoms with E-state index in [9.17, 15) is 0 Å². The van der Waals surface area contributed by atoms with Crippen molar-refractivity contribution in [3.63, 3.8) is 0 Å². The first-order chi connectivity index (χ1) is 14.5. The molecule has 0 aliphatic heterocycles. The molecule has 0 fully saturated rings. The van der Waals surface area contributed by atoms with Crippen molar-refractivity contribution in [2.24, 2.45) is 0 Å². The zero-order chi connectivity index (χ0) is 21.7. The summed E-state index contributed by atoms with van der Waals surface area (Å²) in [6.45, 7) is 5.46. The van der Waals surface area contributed by atoms with Crippen molar-refractivity contribution in [3.05, 3.63) is 29.5 Å². The Morgan fingerprint density at radius 3 is 2.47 bits per heavy atom. The van der Waals surface area contributed by atoms with Crippen molar-refractivity contribution < 1.29 is 9.47 Å². The van der Waals surface area contributed by atoms with Crippen LogP contribution in [0.25, 0.3) is 11.0 Å². The fourth-order valence-corrected chi connectivity index (χ4v) is 3.56. The molecule has 0 bridgehead atoms. The van der Waals surface area contributed by atoms with Gasteiger partial charge in [-0.1, -0.05) is 13.3 Å². The van der Waals surface area contributed by atoms with Crippen LogP contribution in [0.1, 0.15) is 37.8 Å². The second-order valence-corrected chi connectivity index (χ2v) is 7.33. The number of nitrogen functional groups attached to an aromatic ring is 1.